The van der Waals surface area contributed by atoms with Crippen molar-refractivity contribution in [2.75, 3.05) is 6.26 Å². The Balaban J connectivity index is 2.15. The first-order chi connectivity index (χ1) is 8.94. The lowest BCUT2D eigenvalue weighted by atomic mass is 10.3. The van der Waals surface area contributed by atoms with E-state index in [1.165, 1.54) is 11.4 Å². The smallest absolute Gasteiger partial charge is 0.345 e. The third-order valence-corrected chi connectivity index (χ3v) is 6.86. The minimum atomic E-state index is -3.62. The molecule has 106 valence electrons. The standard InChI is InChI=1S/C11H15NO4S3/c1-17-9-4-2-3-8(9)12-19(15,16)7-5-10(11(13)14)18-6-7/h5-6,8-9,12H,2-4H2,1H3,(H,13,14). The highest BCUT2D eigenvalue weighted by Crippen LogP contribution is 2.30. The average molecular weight is 321 g/mol. The molecular formula is C11H15NO4S3. The molecule has 1 aliphatic carbocycles. The third kappa shape index (κ3) is 3.31. The van der Waals surface area contributed by atoms with Gasteiger partial charge in [0.25, 0.3) is 0 Å². The van der Waals surface area contributed by atoms with Gasteiger partial charge >= 0.3 is 5.97 Å². The molecule has 2 atom stereocenters. The van der Waals surface area contributed by atoms with Gasteiger partial charge in [-0.1, -0.05) is 6.42 Å². The Morgan fingerprint density at radius 2 is 2.26 bits per heavy atom. The second kappa shape index (κ2) is 5.82. The van der Waals surface area contributed by atoms with Crippen molar-refractivity contribution in [3.05, 3.63) is 16.3 Å². The molecule has 2 rings (SSSR count). The quantitative estimate of drug-likeness (QED) is 0.867. The summed E-state index contributed by atoms with van der Waals surface area (Å²) in [6.07, 6.45) is 4.84. The molecule has 1 aromatic heterocycles. The molecule has 0 aromatic carbocycles. The molecule has 0 aliphatic heterocycles. The van der Waals surface area contributed by atoms with Crippen LogP contribution in [0.25, 0.3) is 0 Å². The fourth-order valence-corrected chi connectivity index (χ4v) is 5.63. The number of sulfonamides is 1. The molecular weight excluding hydrogens is 306 g/mol. The summed E-state index contributed by atoms with van der Waals surface area (Å²) >= 11 is 2.59. The zero-order valence-corrected chi connectivity index (χ0v) is 12.8. The first kappa shape index (κ1) is 14.8. The SMILES string of the molecule is CSC1CCCC1NS(=O)(=O)c1csc(C(=O)O)c1. The van der Waals surface area contributed by atoms with Crippen LogP contribution in [-0.4, -0.2) is 37.0 Å². The fourth-order valence-electron chi connectivity index (χ4n) is 2.18. The maximum Gasteiger partial charge on any atom is 0.345 e. The number of hydrogen-bond donors (Lipinski definition) is 2. The number of carboxylic acid groups (broad SMARTS) is 1. The Morgan fingerprint density at radius 1 is 1.53 bits per heavy atom. The first-order valence-electron chi connectivity index (χ1n) is 5.81. The minimum Gasteiger partial charge on any atom is -0.477 e. The van der Waals surface area contributed by atoms with Crippen molar-refractivity contribution in [2.24, 2.45) is 0 Å². The maximum absolute atomic E-state index is 12.2. The molecule has 8 heteroatoms. The Labute approximate surface area is 120 Å². The van der Waals surface area contributed by atoms with Crippen LogP contribution in [0.3, 0.4) is 0 Å². The van der Waals surface area contributed by atoms with Gasteiger partial charge in [0.1, 0.15) is 4.88 Å². The zero-order chi connectivity index (χ0) is 14.0. The van der Waals surface area contributed by atoms with E-state index in [1.54, 1.807) is 11.8 Å². The van der Waals surface area contributed by atoms with Gasteiger partial charge in [-0.25, -0.2) is 17.9 Å². The molecule has 5 nitrogen and oxygen atoms in total. The van der Waals surface area contributed by atoms with Crippen LogP contribution in [-0.2, 0) is 10.0 Å². The van der Waals surface area contributed by atoms with Crippen molar-refractivity contribution < 1.29 is 18.3 Å². The summed E-state index contributed by atoms with van der Waals surface area (Å²) in [6, 6.07) is 1.14. The molecule has 19 heavy (non-hydrogen) atoms. The molecule has 1 aliphatic rings. The van der Waals surface area contributed by atoms with Gasteiger partial charge in [-0.15, -0.1) is 11.3 Å². The third-order valence-electron chi connectivity index (χ3n) is 3.16. The highest BCUT2D eigenvalue weighted by Gasteiger charge is 2.31. The van der Waals surface area contributed by atoms with Gasteiger partial charge in [0.2, 0.25) is 10.0 Å². The first-order valence-corrected chi connectivity index (χ1v) is 9.46. The number of thioether (sulfide) groups is 1. The van der Waals surface area contributed by atoms with Gasteiger partial charge in [-0.3, -0.25) is 0 Å². The Hall–Kier alpha value is -0.570. The minimum absolute atomic E-state index is 0.0354. The van der Waals surface area contributed by atoms with E-state index in [-0.39, 0.29) is 15.8 Å². The number of aromatic carboxylic acids is 1. The molecule has 1 heterocycles. The van der Waals surface area contributed by atoms with E-state index in [0.29, 0.717) is 5.25 Å². The van der Waals surface area contributed by atoms with Crippen LogP contribution in [0, 0.1) is 0 Å². The van der Waals surface area contributed by atoms with E-state index in [4.69, 9.17) is 5.11 Å². The van der Waals surface area contributed by atoms with Gasteiger partial charge in [0.05, 0.1) is 4.90 Å². The molecule has 1 fully saturated rings. The predicted molar refractivity (Wildman–Crippen MR) is 76.5 cm³/mol. The highest BCUT2D eigenvalue weighted by molar-refractivity contribution is 7.99. The molecule has 2 N–H and O–H groups in total. The summed E-state index contributed by atoms with van der Waals surface area (Å²) in [5, 5.41) is 10.5. The molecule has 2 unspecified atom stereocenters. The summed E-state index contributed by atoms with van der Waals surface area (Å²) < 4.78 is 27.0. The predicted octanol–water partition coefficient (Wildman–Crippen LogP) is 2.01. The van der Waals surface area contributed by atoms with Crippen molar-refractivity contribution in [1.29, 1.82) is 0 Å². The summed E-state index contributed by atoms with van der Waals surface area (Å²) in [5.41, 5.74) is 0. The summed E-state index contributed by atoms with van der Waals surface area (Å²) in [7, 11) is -3.62. The number of carbonyl (C=O) groups is 1. The van der Waals surface area contributed by atoms with Gasteiger partial charge in [-0.05, 0) is 25.2 Å². The van der Waals surface area contributed by atoms with E-state index >= 15 is 0 Å². The highest BCUT2D eigenvalue weighted by atomic mass is 32.2. The fraction of sp³-hybridized carbons (Fsp3) is 0.545. The van der Waals surface area contributed by atoms with Gasteiger partial charge in [-0.2, -0.15) is 11.8 Å². The van der Waals surface area contributed by atoms with E-state index in [0.717, 1.165) is 30.6 Å². The van der Waals surface area contributed by atoms with E-state index in [9.17, 15) is 13.2 Å². The number of carboxylic acids is 1. The van der Waals surface area contributed by atoms with Crippen molar-refractivity contribution in [3.8, 4) is 0 Å². The van der Waals surface area contributed by atoms with Crippen molar-refractivity contribution in [1.82, 2.24) is 4.72 Å². The molecule has 0 bridgehead atoms. The number of thiophene rings is 1. The largest absolute Gasteiger partial charge is 0.477 e. The molecule has 1 aromatic rings. The normalized spacial score (nSPS) is 23.6. The monoisotopic (exact) mass is 321 g/mol. The van der Waals surface area contributed by atoms with Gasteiger partial charge in [0.15, 0.2) is 0 Å². The van der Waals surface area contributed by atoms with Crippen LogP contribution in [0.15, 0.2) is 16.3 Å². The van der Waals surface area contributed by atoms with Crippen LogP contribution >= 0.6 is 23.1 Å². The summed E-state index contributed by atoms with van der Waals surface area (Å²) in [5.74, 6) is -1.10. The van der Waals surface area contributed by atoms with Crippen molar-refractivity contribution >= 4 is 39.1 Å². The lowest BCUT2D eigenvalue weighted by Gasteiger charge is -2.18. The Bertz CT molecular complexity index is 566. The molecule has 0 saturated heterocycles. The number of nitrogens with one attached hydrogen (secondary N) is 1. The second-order valence-electron chi connectivity index (χ2n) is 4.38. The van der Waals surface area contributed by atoms with Crippen LogP contribution in [0.4, 0.5) is 0 Å². The van der Waals surface area contributed by atoms with Gasteiger partial charge < -0.3 is 5.11 Å². The van der Waals surface area contributed by atoms with Crippen molar-refractivity contribution in [2.45, 2.75) is 35.4 Å². The van der Waals surface area contributed by atoms with E-state index < -0.39 is 16.0 Å². The van der Waals surface area contributed by atoms with Crippen molar-refractivity contribution in [3.63, 3.8) is 0 Å². The van der Waals surface area contributed by atoms with Crippen LogP contribution in [0.2, 0.25) is 0 Å². The number of rotatable bonds is 5. The van der Waals surface area contributed by atoms with E-state index in [2.05, 4.69) is 4.72 Å². The topological polar surface area (TPSA) is 83.5 Å². The molecule has 1 saturated carbocycles. The Kier molecular flexibility index (Phi) is 4.54. The lowest BCUT2D eigenvalue weighted by molar-refractivity contribution is 0.0702. The molecule has 0 radical (unpaired) electrons. The van der Waals surface area contributed by atoms with Gasteiger partial charge in [0, 0.05) is 16.7 Å². The summed E-state index contributed by atoms with van der Waals surface area (Å²) in [6.45, 7) is 0. The van der Waals surface area contributed by atoms with Crippen LogP contribution in [0.1, 0.15) is 28.9 Å². The number of hydrogen-bond acceptors (Lipinski definition) is 5. The zero-order valence-electron chi connectivity index (χ0n) is 10.3. The van der Waals surface area contributed by atoms with Crippen LogP contribution < -0.4 is 4.72 Å². The summed E-state index contributed by atoms with van der Waals surface area (Å²) in [4.78, 5) is 10.9. The van der Waals surface area contributed by atoms with E-state index in [1.807, 2.05) is 6.26 Å². The lowest BCUT2D eigenvalue weighted by Crippen LogP contribution is -2.38. The van der Waals surface area contributed by atoms with Crippen LogP contribution in [0.5, 0.6) is 0 Å². The molecule has 0 amide bonds. The Morgan fingerprint density at radius 3 is 2.84 bits per heavy atom. The average Bonchev–Trinajstić information content (AvgIpc) is 2.95. The second-order valence-corrected chi connectivity index (χ2v) is 8.09. The molecule has 0 spiro atoms. The maximum atomic E-state index is 12.2.